The van der Waals surface area contributed by atoms with Crippen LogP contribution in [0.1, 0.15) is 24.2 Å². The van der Waals surface area contributed by atoms with Gasteiger partial charge in [-0.1, -0.05) is 25.4 Å². The largest absolute Gasteiger partial charge is 0.341 e. The molecular weight excluding hydrogens is 309 g/mol. The fourth-order valence-electron chi connectivity index (χ4n) is 1.67. The molecule has 1 amide bonds. The van der Waals surface area contributed by atoms with E-state index in [1.807, 2.05) is 13.8 Å². The van der Waals surface area contributed by atoms with Crippen molar-refractivity contribution in [2.75, 3.05) is 20.1 Å². The van der Waals surface area contributed by atoms with Crippen LogP contribution in [0.3, 0.4) is 0 Å². The van der Waals surface area contributed by atoms with Gasteiger partial charge in [0.25, 0.3) is 5.91 Å². The van der Waals surface area contributed by atoms with E-state index in [1.54, 1.807) is 7.05 Å². The Labute approximate surface area is 128 Å². The first-order valence-corrected chi connectivity index (χ1v) is 6.16. The van der Waals surface area contributed by atoms with Gasteiger partial charge in [-0.25, -0.2) is 8.78 Å². The smallest absolute Gasteiger partial charge is 0.255 e. The molecule has 0 fully saturated rings. The molecule has 0 spiro atoms. The van der Waals surface area contributed by atoms with Crippen LogP contribution in [-0.4, -0.2) is 30.9 Å². The van der Waals surface area contributed by atoms with Gasteiger partial charge in [-0.2, -0.15) is 0 Å². The Morgan fingerprint density at radius 3 is 2.35 bits per heavy atom. The Hall–Kier alpha value is -0.910. The van der Waals surface area contributed by atoms with Crippen molar-refractivity contribution >= 4 is 29.9 Å². The van der Waals surface area contributed by atoms with E-state index in [2.05, 4.69) is 0 Å². The van der Waals surface area contributed by atoms with Gasteiger partial charge in [0, 0.05) is 13.6 Å². The third-order valence-electron chi connectivity index (χ3n) is 2.80. The van der Waals surface area contributed by atoms with Gasteiger partial charge < -0.3 is 10.6 Å². The van der Waals surface area contributed by atoms with Gasteiger partial charge >= 0.3 is 0 Å². The van der Waals surface area contributed by atoms with Gasteiger partial charge in [0.15, 0.2) is 11.6 Å². The molecule has 0 saturated heterocycles. The second-order valence-electron chi connectivity index (χ2n) is 5.28. The first kappa shape index (κ1) is 19.1. The quantitative estimate of drug-likeness (QED) is 0.864. The van der Waals surface area contributed by atoms with Crippen molar-refractivity contribution in [1.82, 2.24) is 4.90 Å². The summed E-state index contributed by atoms with van der Waals surface area (Å²) in [6.45, 7) is 4.60. The Kier molecular flexibility index (Phi) is 6.87. The Morgan fingerprint density at radius 1 is 1.35 bits per heavy atom. The van der Waals surface area contributed by atoms with Crippen molar-refractivity contribution in [3.8, 4) is 0 Å². The van der Waals surface area contributed by atoms with Crippen LogP contribution in [0.4, 0.5) is 8.78 Å². The lowest BCUT2D eigenvalue weighted by molar-refractivity contribution is 0.0740. The van der Waals surface area contributed by atoms with E-state index in [4.69, 9.17) is 17.3 Å². The highest BCUT2D eigenvalue weighted by Crippen LogP contribution is 2.23. The molecule has 1 aromatic carbocycles. The monoisotopic (exact) mass is 326 g/mol. The highest BCUT2D eigenvalue weighted by molar-refractivity contribution is 6.33. The predicted molar refractivity (Wildman–Crippen MR) is 78.4 cm³/mol. The summed E-state index contributed by atoms with van der Waals surface area (Å²) >= 11 is 5.77. The number of carbonyl (C=O) groups is 1. The fraction of sp³-hybridized carbons (Fsp3) is 0.462. The summed E-state index contributed by atoms with van der Waals surface area (Å²) in [5.41, 5.74) is 5.27. The molecule has 1 aromatic rings. The maximum absolute atomic E-state index is 13.2. The summed E-state index contributed by atoms with van der Waals surface area (Å²) in [7, 11) is 1.57. The molecule has 0 atom stereocenters. The van der Waals surface area contributed by atoms with Crippen molar-refractivity contribution in [2.45, 2.75) is 13.8 Å². The first-order valence-electron chi connectivity index (χ1n) is 5.78. The molecule has 2 N–H and O–H groups in total. The van der Waals surface area contributed by atoms with Gasteiger partial charge in [-0.05, 0) is 24.1 Å². The van der Waals surface area contributed by atoms with Gasteiger partial charge in [-0.3, -0.25) is 4.79 Å². The van der Waals surface area contributed by atoms with E-state index in [-0.39, 0.29) is 28.4 Å². The van der Waals surface area contributed by atoms with Crippen LogP contribution in [0.25, 0.3) is 0 Å². The van der Waals surface area contributed by atoms with Gasteiger partial charge in [0.2, 0.25) is 0 Å². The molecule has 20 heavy (non-hydrogen) atoms. The molecule has 0 radical (unpaired) electrons. The van der Waals surface area contributed by atoms with Crippen LogP contribution in [0.5, 0.6) is 0 Å². The maximum atomic E-state index is 13.2. The minimum atomic E-state index is -1.10. The van der Waals surface area contributed by atoms with Crippen molar-refractivity contribution < 1.29 is 13.6 Å². The standard InChI is InChI=1S/C13H17ClF2N2O.ClH/c1-13(2,6-17)7-18(3)12(19)8-4-10(15)11(16)5-9(8)14;/h4-5H,6-7,17H2,1-3H3;1H. The lowest BCUT2D eigenvalue weighted by Gasteiger charge is -2.29. The molecule has 0 unspecified atom stereocenters. The van der Waals surface area contributed by atoms with Crippen LogP contribution in [0, 0.1) is 17.0 Å². The number of hydrogen-bond donors (Lipinski definition) is 1. The molecule has 114 valence electrons. The fourth-order valence-corrected chi connectivity index (χ4v) is 1.90. The second-order valence-corrected chi connectivity index (χ2v) is 5.68. The van der Waals surface area contributed by atoms with Gasteiger partial charge in [-0.15, -0.1) is 12.4 Å². The van der Waals surface area contributed by atoms with Crippen molar-refractivity contribution in [3.05, 3.63) is 34.4 Å². The molecule has 0 aliphatic rings. The molecule has 0 aliphatic carbocycles. The van der Waals surface area contributed by atoms with Crippen LogP contribution in [0.2, 0.25) is 5.02 Å². The number of carbonyl (C=O) groups excluding carboxylic acids is 1. The highest BCUT2D eigenvalue weighted by atomic mass is 35.5. The van der Waals surface area contributed by atoms with E-state index in [0.29, 0.717) is 13.1 Å². The minimum Gasteiger partial charge on any atom is -0.341 e. The lowest BCUT2D eigenvalue weighted by Crippen LogP contribution is -2.39. The Bertz CT molecular complexity index is 496. The zero-order valence-electron chi connectivity index (χ0n) is 11.5. The summed E-state index contributed by atoms with van der Waals surface area (Å²) < 4.78 is 26.1. The highest BCUT2D eigenvalue weighted by Gasteiger charge is 2.24. The summed E-state index contributed by atoms with van der Waals surface area (Å²) in [5.74, 6) is -2.64. The molecule has 3 nitrogen and oxygen atoms in total. The topological polar surface area (TPSA) is 46.3 Å². The van der Waals surface area contributed by atoms with E-state index in [1.165, 1.54) is 4.90 Å². The third-order valence-corrected chi connectivity index (χ3v) is 3.12. The number of nitrogens with two attached hydrogens (primary N) is 1. The van der Waals surface area contributed by atoms with Crippen molar-refractivity contribution in [2.24, 2.45) is 11.1 Å². The average Bonchev–Trinajstić information content (AvgIpc) is 2.32. The zero-order valence-corrected chi connectivity index (χ0v) is 13.1. The number of rotatable bonds is 4. The Morgan fingerprint density at radius 2 is 1.85 bits per heavy atom. The molecule has 0 aromatic heterocycles. The summed E-state index contributed by atoms with van der Waals surface area (Å²) in [4.78, 5) is 13.5. The number of amides is 1. The summed E-state index contributed by atoms with van der Waals surface area (Å²) in [6.07, 6.45) is 0. The predicted octanol–water partition coefficient (Wildman–Crippen LogP) is 3.10. The first-order chi connectivity index (χ1) is 8.68. The normalized spacial score (nSPS) is 10.9. The SMILES string of the molecule is CN(CC(C)(C)CN)C(=O)c1cc(F)c(F)cc1Cl.Cl. The molecule has 0 bridgehead atoms. The molecule has 0 aliphatic heterocycles. The number of hydrogen-bond acceptors (Lipinski definition) is 2. The molecule has 7 heteroatoms. The van der Waals surface area contributed by atoms with E-state index >= 15 is 0 Å². The van der Waals surface area contributed by atoms with Gasteiger partial charge in [0.1, 0.15) is 0 Å². The van der Waals surface area contributed by atoms with Crippen LogP contribution in [0.15, 0.2) is 12.1 Å². The maximum Gasteiger partial charge on any atom is 0.255 e. The minimum absolute atomic E-state index is 0. The number of nitrogens with zero attached hydrogens (tertiary/aromatic N) is 1. The number of benzene rings is 1. The molecule has 0 heterocycles. The summed E-state index contributed by atoms with van der Waals surface area (Å²) in [5, 5.41) is -0.110. The molecule has 0 saturated carbocycles. The van der Waals surface area contributed by atoms with Crippen molar-refractivity contribution in [3.63, 3.8) is 0 Å². The molecular formula is C13H18Cl2F2N2O. The van der Waals surface area contributed by atoms with Crippen molar-refractivity contribution in [1.29, 1.82) is 0 Å². The zero-order chi connectivity index (χ0) is 14.8. The van der Waals surface area contributed by atoms with Crippen LogP contribution >= 0.6 is 24.0 Å². The van der Waals surface area contributed by atoms with E-state index in [0.717, 1.165) is 12.1 Å². The second kappa shape index (κ2) is 7.20. The summed E-state index contributed by atoms with van der Waals surface area (Å²) in [6, 6.07) is 1.61. The Balaban J connectivity index is 0.00000361. The van der Waals surface area contributed by atoms with Crippen LogP contribution in [-0.2, 0) is 0 Å². The number of halogens is 4. The lowest BCUT2D eigenvalue weighted by atomic mass is 9.93. The van der Waals surface area contributed by atoms with Gasteiger partial charge in [0.05, 0.1) is 10.6 Å². The third kappa shape index (κ3) is 4.58. The molecule has 1 rings (SSSR count). The van der Waals surface area contributed by atoms with E-state index in [9.17, 15) is 13.6 Å². The van der Waals surface area contributed by atoms with Crippen LogP contribution < -0.4 is 5.73 Å². The average molecular weight is 327 g/mol. The van der Waals surface area contributed by atoms with E-state index < -0.39 is 17.5 Å².